The monoisotopic (exact) mass is 324 g/mol. The van der Waals surface area contributed by atoms with Crippen molar-refractivity contribution in [3.63, 3.8) is 0 Å². The maximum atomic E-state index is 12.0. The molecule has 0 aliphatic carbocycles. The molecule has 23 heavy (non-hydrogen) atoms. The minimum atomic E-state index is -0.806. The van der Waals surface area contributed by atoms with Crippen molar-refractivity contribution in [2.75, 3.05) is 19.6 Å². The summed E-state index contributed by atoms with van der Waals surface area (Å²) in [4.78, 5) is 13.7. The largest absolute Gasteiger partial charge is 0.468 e. The normalized spacial score (nSPS) is 19.4. The predicted octanol–water partition coefficient (Wildman–Crippen LogP) is 2.69. The van der Waals surface area contributed by atoms with Gasteiger partial charge in [0.15, 0.2) is 0 Å². The van der Waals surface area contributed by atoms with E-state index in [0.29, 0.717) is 32.5 Å². The van der Waals surface area contributed by atoms with Crippen molar-refractivity contribution in [1.29, 1.82) is 0 Å². The van der Waals surface area contributed by atoms with Crippen LogP contribution in [-0.2, 0) is 4.74 Å². The van der Waals surface area contributed by atoms with Crippen molar-refractivity contribution >= 4 is 6.09 Å². The van der Waals surface area contributed by atoms with Gasteiger partial charge in [-0.25, -0.2) is 4.79 Å². The van der Waals surface area contributed by atoms with Crippen molar-refractivity contribution in [3.8, 4) is 0 Å². The van der Waals surface area contributed by atoms with Crippen molar-refractivity contribution in [2.24, 2.45) is 0 Å². The molecule has 0 radical (unpaired) electrons. The van der Waals surface area contributed by atoms with Gasteiger partial charge in [0.1, 0.15) is 11.4 Å². The van der Waals surface area contributed by atoms with E-state index in [1.807, 2.05) is 39.8 Å². The zero-order chi connectivity index (χ0) is 17.1. The predicted molar refractivity (Wildman–Crippen MR) is 87.1 cm³/mol. The first-order valence-electron chi connectivity index (χ1n) is 8.16. The minimum absolute atomic E-state index is 0.0397. The SMILES string of the molecule is CC(NCC1(O)CCN(C(=O)OC(C)(C)C)CC1)c1ccco1. The van der Waals surface area contributed by atoms with E-state index in [0.717, 1.165) is 5.76 Å². The lowest BCUT2D eigenvalue weighted by atomic mass is 9.91. The number of piperidine rings is 1. The van der Waals surface area contributed by atoms with Crippen LogP contribution < -0.4 is 5.32 Å². The molecule has 2 rings (SSSR count). The van der Waals surface area contributed by atoms with Crippen LogP contribution in [0.1, 0.15) is 52.3 Å². The lowest BCUT2D eigenvalue weighted by molar-refractivity contribution is -0.0322. The maximum absolute atomic E-state index is 12.0. The third-order valence-electron chi connectivity index (χ3n) is 4.05. The number of ether oxygens (including phenoxy) is 1. The molecule has 0 spiro atoms. The Hall–Kier alpha value is -1.53. The Morgan fingerprint density at radius 1 is 1.48 bits per heavy atom. The quantitative estimate of drug-likeness (QED) is 0.890. The number of nitrogens with zero attached hydrogens (tertiary/aromatic N) is 1. The average molecular weight is 324 g/mol. The molecule has 1 amide bonds. The van der Waals surface area contributed by atoms with E-state index in [9.17, 15) is 9.90 Å². The summed E-state index contributed by atoms with van der Waals surface area (Å²) in [6, 6.07) is 3.80. The maximum Gasteiger partial charge on any atom is 0.410 e. The number of carbonyl (C=O) groups excluding carboxylic acids is 1. The van der Waals surface area contributed by atoms with E-state index in [2.05, 4.69) is 5.32 Å². The van der Waals surface area contributed by atoms with Crippen LogP contribution in [0.5, 0.6) is 0 Å². The van der Waals surface area contributed by atoms with Crippen LogP contribution in [0.3, 0.4) is 0 Å². The number of rotatable bonds is 4. The van der Waals surface area contributed by atoms with Crippen LogP contribution in [0.4, 0.5) is 4.79 Å². The molecule has 1 aromatic rings. The van der Waals surface area contributed by atoms with E-state index >= 15 is 0 Å². The molecule has 1 unspecified atom stereocenters. The standard InChI is InChI=1S/C17H28N2O4/c1-13(14-6-5-11-22-14)18-12-17(21)7-9-19(10-8-17)15(20)23-16(2,3)4/h5-6,11,13,18,21H,7-10,12H2,1-4H3. The second kappa shape index (κ2) is 6.93. The number of hydrogen-bond donors (Lipinski definition) is 2. The summed E-state index contributed by atoms with van der Waals surface area (Å²) in [6.07, 6.45) is 2.40. The number of aliphatic hydroxyl groups is 1. The third kappa shape index (κ3) is 5.25. The number of furan rings is 1. The van der Waals surface area contributed by atoms with Crippen LogP contribution in [-0.4, -0.2) is 46.9 Å². The van der Waals surface area contributed by atoms with Gasteiger partial charge < -0.3 is 24.5 Å². The average Bonchev–Trinajstić information content (AvgIpc) is 2.98. The lowest BCUT2D eigenvalue weighted by Gasteiger charge is -2.39. The second-order valence-electron chi connectivity index (χ2n) is 7.31. The highest BCUT2D eigenvalue weighted by atomic mass is 16.6. The van der Waals surface area contributed by atoms with Gasteiger partial charge in [0.25, 0.3) is 0 Å². The van der Waals surface area contributed by atoms with Gasteiger partial charge in [0.2, 0.25) is 0 Å². The second-order valence-corrected chi connectivity index (χ2v) is 7.31. The van der Waals surface area contributed by atoms with Gasteiger partial charge in [-0.3, -0.25) is 0 Å². The molecule has 6 heteroatoms. The van der Waals surface area contributed by atoms with E-state index < -0.39 is 11.2 Å². The fraction of sp³-hybridized carbons (Fsp3) is 0.706. The summed E-state index contributed by atoms with van der Waals surface area (Å²) in [7, 11) is 0. The number of carbonyl (C=O) groups is 1. The molecule has 1 aliphatic rings. The molecule has 2 N–H and O–H groups in total. The van der Waals surface area contributed by atoms with Crippen LogP contribution in [0, 0.1) is 0 Å². The van der Waals surface area contributed by atoms with E-state index in [-0.39, 0.29) is 12.1 Å². The van der Waals surface area contributed by atoms with Crippen molar-refractivity contribution < 1.29 is 19.1 Å². The lowest BCUT2D eigenvalue weighted by Crippen LogP contribution is -2.52. The van der Waals surface area contributed by atoms with Crippen molar-refractivity contribution in [2.45, 2.75) is 57.8 Å². The smallest absolute Gasteiger partial charge is 0.410 e. The Morgan fingerprint density at radius 3 is 2.65 bits per heavy atom. The Kier molecular flexibility index (Phi) is 5.37. The van der Waals surface area contributed by atoms with Gasteiger partial charge in [-0.2, -0.15) is 0 Å². The molecule has 1 atom stereocenters. The number of nitrogens with one attached hydrogen (secondary N) is 1. The Labute approximate surface area is 137 Å². The van der Waals surface area contributed by atoms with Gasteiger partial charge >= 0.3 is 6.09 Å². The molecule has 1 saturated heterocycles. The van der Waals surface area contributed by atoms with Crippen LogP contribution in [0.2, 0.25) is 0 Å². The van der Waals surface area contributed by atoms with Crippen LogP contribution in [0.15, 0.2) is 22.8 Å². The van der Waals surface area contributed by atoms with Gasteiger partial charge in [-0.05, 0) is 52.7 Å². The number of likely N-dealkylation sites (tertiary alicyclic amines) is 1. The minimum Gasteiger partial charge on any atom is -0.468 e. The summed E-state index contributed by atoms with van der Waals surface area (Å²) >= 11 is 0. The molecule has 1 aliphatic heterocycles. The highest BCUT2D eigenvalue weighted by Gasteiger charge is 2.35. The first kappa shape index (κ1) is 17.8. The van der Waals surface area contributed by atoms with Crippen LogP contribution in [0.25, 0.3) is 0 Å². The summed E-state index contributed by atoms with van der Waals surface area (Å²) < 4.78 is 10.7. The zero-order valence-electron chi connectivity index (χ0n) is 14.5. The first-order valence-corrected chi connectivity index (χ1v) is 8.16. The Bertz CT molecular complexity index is 499. The van der Waals surface area contributed by atoms with Crippen LogP contribution >= 0.6 is 0 Å². The first-order chi connectivity index (χ1) is 10.7. The van der Waals surface area contributed by atoms with Gasteiger partial charge in [-0.1, -0.05) is 0 Å². The molecule has 130 valence electrons. The molecule has 0 aromatic carbocycles. The number of amides is 1. The van der Waals surface area contributed by atoms with Gasteiger partial charge in [0, 0.05) is 19.6 Å². The topological polar surface area (TPSA) is 74.9 Å². The third-order valence-corrected chi connectivity index (χ3v) is 4.05. The van der Waals surface area contributed by atoms with E-state index in [4.69, 9.17) is 9.15 Å². The van der Waals surface area contributed by atoms with Crippen molar-refractivity contribution in [1.82, 2.24) is 10.2 Å². The summed E-state index contributed by atoms with van der Waals surface area (Å²) in [5.41, 5.74) is -1.30. The molecular formula is C17H28N2O4. The molecule has 1 fully saturated rings. The molecular weight excluding hydrogens is 296 g/mol. The molecule has 2 heterocycles. The molecule has 0 saturated carbocycles. The highest BCUT2D eigenvalue weighted by molar-refractivity contribution is 5.68. The van der Waals surface area contributed by atoms with E-state index in [1.165, 1.54) is 0 Å². The zero-order valence-corrected chi connectivity index (χ0v) is 14.5. The van der Waals surface area contributed by atoms with Gasteiger partial charge in [0.05, 0.1) is 17.9 Å². The molecule has 6 nitrogen and oxygen atoms in total. The fourth-order valence-electron chi connectivity index (χ4n) is 2.59. The molecule has 0 bridgehead atoms. The summed E-state index contributed by atoms with van der Waals surface area (Å²) in [5, 5.41) is 14.0. The Morgan fingerprint density at radius 2 is 2.13 bits per heavy atom. The summed E-state index contributed by atoms with van der Waals surface area (Å²) in [6.45, 7) is 9.03. The number of hydrogen-bond acceptors (Lipinski definition) is 5. The fourth-order valence-corrected chi connectivity index (χ4v) is 2.59. The molecule has 1 aromatic heterocycles. The summed E-state index contributed by atoms with van der Waals surface area (Å²) in [5.74, 6) is 0.847. The van der Waals surface area contributed by atoms with Crippen molar-refractivity contribution in [3.05, 3.63) is 24.2 Å². The highest BCUT2D eigenvalue weighted by Crippen LogP contribution is 2.24. The van der Waals surface area contributed by atoms with E-state index in [1.54, 1.807) is 11.2 Å². The van der Waals surface area contributed by atoms with Gasteiger partial charge in [-0.15, -0.1) is 0 Å². The Balaban J connectivity index is 1.79.